The van der Waals surface area contributed by atoms with Crippen LogP contribution in [0.2, 0.25) is 0 Å². The smallest absolute Gasteiger partial charge is 0.420 e. The van der Waals surface area contributed by atoms with Gasteiger partial charge < -0.3 is 5.02 Å². The highest BCUT2D eigenvalue weighted by molar-refractivity contribution is 14.1. The normalized spacial score (nSPS) is 9.64. The lowest BCUT2D eigenvalue weighted by molar-refractivity contribution is 0.515. The lowest BCUT2D eigenvalue weighted by atomic mass is 9.83. The number of rotatable bonds is 2. The van der Waals surface area contributed by atoms with E-state index in [4.69, 9.17) is 5.02 Å². The molecular formula is C6H5BFIO2. The van der Waals surface area contributed by atoms with Crippen LogP contribution in [0.5, 0.6) is 0 Å². The molecule has 5 heteroatoms. The maximum atomic E-state index is 12.2. The molecule has 0 heterocycles. The molecule has 0 spiro atoms. The Morgan fingerprint density at radius 1 is 1.36 bits per heavy atom. The Kier molecular flexibility index (Phi) is 3.13. The lowest BCUT2D eigenvalue weighted by Gasteiger charge is -1.94. The first-order chi connectivity index (χ1) is 5.24. The summed E-state index contributed by atoms with van der Waals surface area (Å²) < 4.78 is 23.2. The molecule has 11 heavy (non-hydrogen) atoms. The Hall–Kier alpha value is -0.295. The predicted molar refractivity (Wildman–Crippen MR) is 48.6 cm³/mol. The zero-order valence-electron chi connectivity index (χ0n) is 5.50. The van der Waals surface area contributed by atoms with Crippen molar-refractivity contribution in [3.05, 3.63) is 27.8 Å². The highest BCUT2D eigenvalue weighted by atomic mass is 127. The van der Waals surface area contributed by atoms with Crippen LogP contribution >= 0.6 is 21.2 Å². The number of halogens is 2. The van der Waals surface area contributed by atoms with E-state index in [0.29, 0.717) is 3.57 Å². The van der Waals surface area contributed by atoms with Gasteiger partial charge in [0.2, 0.25) is 0 Å². The Morgan fingerprint density at radius 3 is 2.27 bits per heavy atom. The van der Waals surface area contributed by atoms with Gasteiger partial charge in [-0.3, -0.25) is 7.38 Å². The molecule has 0 amide bonds. The van der Waals surface area contributed by atoms with Crippen molar-refractivity contribution in [2.24, 2.45) is 0 Å². The van der Waals surface area contributed by atoms with Crippen molar-refractivity contribution < 1.29 is 12.4 Å². The molecule has 0 fully saturated rings. The van der Waals surface area contributed by atoms with Gasteiger partial charge in [-0.05, 0) is 17.6 Å². The molecule has 1 aromatic rings. The molecule has 1 rings (SSSR count). The second kappa shape index (κ2) is 3.92. The van der Waals surface area contributed by atoms with E-state index >= 15 is 0 Å². The second-order valence-corrected chi connectivity index (χ2v) is 3.65. The molecular weight excluding hydrogens is 261 g/mol. The third-order valence-corrected chi connectivity index (χ3v) is 2.46. The molecule has 0 aliphatic carbocycles. The van der Waals surface area contributed by atoms with Gasteiger partial charge in [0.15, 0.2) is 21.2 Å². The van der Waals surface area contributed by atoms with Gasteiger partial charge in [-0.2, -0.15) is 0 Å². The third kappa shape index (κ3) is 2.34. The van der Waals surface area contributed by atoms with E-state index in [1.165, 1.54) is 12.1 Å². The summed E-state index contributed by atoms with van der Waals surface area (Å²) in [6.07, 6.45) is 0. The van der Waals surface area contributed by atoms with Crippen molar-refractivity contribution >= 4 is 33.8 Å². The van der Waals surface area contributed by atoms with Gasteiger partial charge in [-0.25, -0.2) is 0 Å². The summed E-state index contributed by atoms with van der Waals surface area (Å²) in [6.45, 7) is 0. The van der Waals surface area contributed by atoms with E-state index in [2.05, 4.69) is 0 Å². The highest BCUT2D eigenvalue weighted by Gasteiger charge is 2.11. The van der Waals surface area contributed by atoms with E-state index in [-0.39, 0.29) is 5.46 Å². The molecule has 0 atom stereocenters. The largest absolute Gasteiger partial charge is 0.532 e. The van der Waals surface area contributed by atoms with Crippen molar-refractivity contribution in [3.63, 3.8) is 0 Å². The zero-order chi connectivity index (χ0) is 8.27. The minimum absolute atomic E-state index is 0.200. The average Bonchev–Trinajstić information content (AvgIpc) is 2.05. The quantitative estimate of drug-likeness (QED) is 0.635. The molecule has 0 aromatic heterocycles. The first-order valence-electron chi connectivity index (χ1n) is 2.93. The first kappa shape index (κ1) is 8.80. The predicted octanol–water partition coefficient (Wildman–Crippen LogP) is 0.829. The minimum atomic E-state index is -1.94. The molecule has 0 bridgehead atoms. The van der Waals surface area contributed by atoms with Crippen LogP contribution in [-0.4, -0.2) is 12.2 Å². The SMILES string of the molecule is O=Ic1ccc(B(O)F)cc1. The van der Waals surface area contributed by atoms with Crippen molar-refractivity contribution in [2.45, 2.75) is 0 Å². The summed E-state index contributed by atoms with van der Waals surface area (Å²) in [7, 11) is -1.94. The third-order valence-electron chi connectivity index (χ3n) is 1.23. The molecule has 0 saturated carbocycles. The van der Waals surface area contributed by atoms with Crippen LogP contribution in [-0.2, 0) is 3.07 Å². The zero-order valence-corrected chi connectivity index (χ0v) is 7.66. The number of hydrogen-bond acceptors (Lipinski definition) is 2. The van der Waals surface area contributed by atoms with E-state index in [0.717, 1.165) is 0 Å². The van der Waals surface area contributed by atoms with Crippen LogP contribution in [0.1, 0.15) is 0 Å². The molecule has 0 saturated heterocycles. The molecule has 58 valence electrons. The van der Waals surface area contributed by atoms with Crippen LogP contribution in [0.3, 0.4) is 0 Å². The Morgan fingerprint density at radius 2 is 1.91 bits per heavy atom. The van der Waals surface area contributed by atoms with Gasteiger partial charge in [0.1, 0.15) is 0 Å². The summed E-state index contributed by atoms with van der Waals surface area (Å²) in [5.74, 6) is 0. The molecule has 1 aromatic carbocycles. The average molecular weight is 266 g/mol. The Labute approximate surface area is 74.2 Å². The Balaban J connectivity index is 2.91. The summed E-state index contributed by atoms with van der Waals surface area (Å²) in [5, 5.41) is 8.45. The highest BCUT2D eigenvalue weighted by Crippen LogP contribution is 2.06. The fourth-order valence-electron chi connectivity index (χ4n) is 0.673. The van der Waals surface area contributed by atoms with Crippen molar-refractivity contribution in [2.75, 3.05) is 0 Å². The van der Waals surface area contributed by atoms with Gasteiger partial charge in [0, 0.05) is 3.57 Å². The van der Waals surface area contributed by atoms with Gasteiger partial charge >= 0.3 is 7.19 Å². The van der Waals surface area contributed by atoms with Crippen LogP contribution in [0, 0.1) is 3.57 Å². The first-order valence-corrected chi connectivity index (χ1v) is 4.89. The lowest BCUT2D eigenvalue weighted by Crippen LogP contribution is -2.24. The number of hydrogen-bond donors (Lipinski definition) is 1. The summed E-state index contributed by atoms with van der Waals surface area (Å²) in [4.78, 5) is 0. The monoisotopic (exact) mass is 266 g/mol. The summed E-state index contributed by atoms with van der Waals surface area (Å²) in [5.41, 5.74) is 0.200. The van der Waals surface area contributed by atoms with Crippen LogP contribution < -0.4 is 5.46 Å². The summed E-state index contributed by atoms with van der Waals surface area (Å²) in [6, 6.07) is 5.96. The molecule has 0 radical (unpaired) electrons. The molecule has 2 nitrogen and oxygen atoms in total. The maximum absolute atomic E-state index is 12.2. The van der Waals surface area contributed by atoms with Crippen LogP contribution in [0.15, 0.2) is 24.3 Å². The van der Waals surface area contributed by atoms with Gasteiger partial charge in [-0.15, -0.1) is 0 Å². The molecule has 0 unspecified atom stereocenters. The summed E-state index contributed by atoms with van der Waals surface area (Å²) >= 11 is -1.18. The standard InChI is InChI=1S/C6H5BFIO2/c8-7(10)5-1-3-6(9-11)4-2-5/h1-4,10H. The van der Waals surface area contributed by atoms with Crippen molar-refractivity contribution in [3.8, 4) is 0 Å². The van der Waals surface area contributed by atoms with Gasteiger partial charge in [0.05, 0.1) is 0 Å². The van der Waals surface area contributed by atoms with Crippen molar-refractivity contribution in [1.29, 1.82) is 0 Å². The topological polar surface area (TPSA) is 37.3 Å². The Bertz CT molecular complexity index is 249. The number of benzene rings is 1. The molecule has 1 N–H and O–H groups in total. The van der Waals surface area contributed by atoms with Crippen molar-refractivity contribution in [1.82, 2.24) is 0 Å². The second-order valence-electron chi connectivity index (χ2n) is 1.96. The van der Waals surface area contributed by atoms with E-state index in [1.54, 1.807) is 12.1 Å². The van der Waals surface area contributed by atoms with Crippen LogP contribution in [0.4, 0.5) is 4.32 Å². The molecule has 0 aliphatic rings. The van der Waals surface area contributed by atoms with Crippen LogP contribution in [0.25, 0.3) is 0 Å². The van der Waals surface area contributed by atoms with E-state index < -0.39 is 28.4 Å². The minimum Gasteiger partial charge on any atom is -0.420 e. The maximum Gasteiger partial charge on any atom is 0.532 e. The fraction of sp³-hybridized carbons (Fsp3) is 0. The van der Waals surface area contributed by atoms with Gasteiger partial charge in [0.25, 0.3) is 0 Å². The van der Waals surface area contributed by atoms with E-state index in [1.807, 2.05) is 0 Å². The fourth-order valence-corrected chi connectivity index (χ4v) is 1.33. The van der Waals surface area contributed by atoms with E-state index in [9.17, 15) is 7.38 Å². The van der Waals surface area contributed by atoms with Gasteiger partial charge in [-0.1, -0.05) is 12.1 Å². The molecule has 0 aliphatic heterocycles.